The van der Waals surface area contributed by atoms with Crippen LogP contribution >= 0.6 is 0 Å². The quantitative estimate of drug-likeness (QED) is 0.0195. The molecule has 1 saturated heterocycles. The van der Waals surface area contributed by atoms with Gasteiger partial charge in [0.2, 0.25) is 5.91 Å². The molecule has 11 heteroatoms. The molecular weight excluding hydrogens is 1070 g/mol. The molecule has 1 fully saturated rings. The van der Waals surface area contributed by atoms with Gasteiger partial charge in [-0.3, -0.25) is 9.59 Å². The summed E-state index contributed by atoms with van der Waals surface area (Å²) in [5.74, 6) is -0.181. The van der Waals surface area contributed by atoms with Crippen molar-refractivity contribution >= 4 is 11.9 Å². The van der Waals surface area contributed by atoms with Crippen LogP contribution in [0.3, 0.4) is 0 Å². The van der Waals surface area contributed by atoms with Crippen molar-refractivity contribution in [2.45, 2.75) is 397 Å². The van der Waals surface area contributed by atoms with Crippen molar-refractivity contribution in [3.05, 3.63) is 48.6 Å². The lowest BCUT2D eigenvalue weighted by Gasteiger charge is -2.40. The van der Waals surface area contributed by atoms with E-state index >= 15 is 0 Å². The van der Waals surface area contributed by atoms with Crippen LogP contribution in [0, 0.1) is 0 Å². The molecule has 0 aromatic heterocycles. The molecule has 11 nitrogen and oxygen atoms in total. The highest BCUT2D eigenvalue weighted by atomic mass is 16.7. The number of esters is 1. The van der Waals surface area contributed by atoms with E-state index in [0.717, 1.165) is 57.8 Å². The van der Waals surface area contributed by atoms with Gasteiger partial charge in [-0.1, -0.05) is 313 Å². The maximum Gasteiger partial charge on any atom is 0.305 e. The van der Waals surface area contributed by atoms with Crippen molar-refractivity contribution < 1.29 is 49.3 Å². The number of aliphatic hydroxyl groups is 5. The lowest BCUT2D eigenvalue weighted by atomic mass is 9.99. The van der Waals surface area contributed by atoms with Crippen LogP contribution in [0.25, 0.3) is 0 Å². The van der Waals surface area contributed by atoms with Crippen molar-refractivity contribution in [2.24, 2.45) is 0 Å². The molecule has 86 heavy (non-hydrogen) atoms. The molecule has 7 atom stereocenters. The molecule has 0 spiro atoms. The van der Waals surface area contributed by atoms with Gasteiger partial charge in [-0.15, -0.1) is 0 Å². The van der Waals surface area contributed by atoms with E-state index in [2.05, 4.69) is 55.6 Å². The first-order valence-electron chi connectivity index (χ1n) is 36.9. The fourth-order valence-corrected chi connectivity index (χ4v) is 11.6. The van der Waals surface area contributed by atoms with Gasteiger partial charge in [0.25, 0.3) is 0 Å². The number of hydrogen-bond donors (Lipinski definition) is 6. The molecule has 1 aliphatic heterocycles. The molecule has 1 aliphatic rings. The highest BCUT2D eigenvalue weighted by Crippen LogP contribution is 2.23. The third-order valence-electron chi connectivity index (χ3n) is 17.4. The fraction of sp³-hybridized carbons (Fsp3) is 0.867. The molecule has 0 aromatic carbocycles. The van der Waals surface area contributed by atoms with E-state index in [1.165, 1.54) is 270 Å². The van der Waals surface area contributed by atoms with E-state index in [1.54, 1.807) is 6.08 Å². The fourth-order valence-electron chi connectivity index (χ4n) is 11.6. The monoisotopic (exact) mass is 1210 g/mol. The van der Waals surface area contributed by atoms with Crippen LogP contribution in [0.15, 0.2) is 48.6 Å². The lowest BCUT2D eigenvalue weighted by molar-refractivity contribution is -0.302. The zero-order valence-electron chi connectivity index (χ0n) is 56.0. The summed E-state index contributed by atoms with van der Waals surface area (Å²) in [6, 6.07) is -0.826. The van der Waals surface area contributed by atoms with Crippen molar-refractivity contribution in [2.75, 3.05) is 19.8 Å². The van der Waals surface area contributed by atoms with Crippen LogP contribution in [-0.2, 0) is 23.8 Å². The third kappa shape index (κ3) is 52.4. The Hall–Kier alpha value is -2.38. The minimum Gasteiger partial charge on any atom is -0.466 e. The van der Waals surface area contributed by atoms with Crippen LogP contribution in [0.1, 0.15) is 354 Å². The van der Waals surface area contributed by atoms with Gasteiger partial charge in [0, 0.05) is 12.8 Å². The van der Waals surface area contributed by atoms with E-state index in [1.807, 2.05) is 6.08 Å². The maximum atomic E-state index is 13.0. The first-order valence-corrected chi connectivity index (χ1v) is 36.9. The van der Waals surface area contributed by atoms with Crippen LogP contribution in [-0.4, -0.2) is 100 Å². The van der Waals surface area contributed by atoms with Gasteiger partial charge in [0.15, 0.2) is 6.29 Å². The summed E-state index contributed by atoms with van der Waals surface area (Å²) in [6.07, 6.45) is 74.2. The average Bonchev–Trinajstić information content (AvgIpc) is 2.82. The summed E-state index contributed by atoms with van der Waals surface area (Å²) >= 11 is 0. The minimum atomic E-state index is -1.58. The largest absolute Gasteiger partial charge is 0.466 e. The standard InChI is InChI=1S/C75H139NO10/c1-3-5-7-9-11-13-15-16-36-40-43-47-51-55-59-63-71(80)84-64-60-56-52-48-44-41-38-35-33-31-29-27-25-23-21-19-17-18-20-22-24-26-28-30-32-34-37-39-42-46-50-54-58-62-70(79)76-67(66-85-75-74(83)73(82)72(81)69(65-77)86-75)68(78)61-57-53-49-45-14-12-10-8-6-4-2/h14,21,23,27,29,45,57,61,67-69,72-75,77-78,81-83H,3-13,15-20,22,24-26,28,30-44,46-56,58-60,62-66H2,1-2H3,(H,76,79)/b23-21-,29-27-,45-14+,61-57+. The van der Waals surface area contributed by atoms with Gasteiger partial charge in [0.05, 0.1) is 32.0 Å². The summed E-state index contributed by atoms with van der Waals surface area (Å²) in [6.45, 7) is 4.32. The molecule has 0 bridgehead atoms. The molecule has 0 aromatic rings. The Bertz CT molecular complexity index is 1570. The number of hydrogen-bond acceptors (Lipinski definition) is 10. The number of carbonyl (C=O) groups is 2. The molecule has 1 heterocycles. The second-order valence-corrected chi connectivity index (χ2v) is 25.6. The molecule has 7 unspecified atom stereocenters. The molecule has 6 N–H and O–H groups in total. The summed E-state index contributed by atoms with van der Waals surface area (Å²) in [7, 11) is 0. The molecule has 0 saturated carbocycles. The van der Waals surface area contributed by atoms with Gasteiger partial charge in [-0.25, -0.2) is 0 Å². The number of allylic oxidation sites excluding steroid dienone is 7. The van der Waals surface area contributed by atoms with Crippen molar-refractivity contribution in [3.63, 3.8) is 0 Å². The van der Waals surface area contributed by atoms with Gasteiger partial charge in [-0.2, -0.15) is 0 Å². The van der Waals surface area contributed by atoms with E-state index in [-0.39, 0.29) is 18.5 Å². The zero-order valence-corrected chi connectivity index (χ0v) is 56.0. The highest BCUT2D eigenvalue weighted by Gasteiger charge is 2.44. The van der Waals surface area contributed by atoms with E-state index in [9.17, 15) is 35.1 Å². The Balaban J connectivity index is 1.92. The SMILES string of the molecule is CCCCCC/C=C/CC/C=C/C(O)C(COC1OC(CO)C(O)C(O)C1O)NC(=O)CCCCCCCCCCCCCCCCCCC/C=C\C/C=C\CCCCCCCCCCCOC(=O)CCCCCCCCCCCCCCCCC. The average molecular weight is 1210 g/mol. The van der Waals surface area contributed by atoms with Gasteiger partial charge in [0.1, 0.15) is 24.4 Å². The Kier molecular flexibility index (Phi) is 60.9. The summed E-state index contributed by atoms with van der Waals surface area (Å²) in [4.78, 5) is 25.1. The smallest absolute Gasteiger partial charge is 0.305 e. The Morgan fingerprint density at radius 1 is 0.430 bits per heavy atom. The zero-order chi connectivity index (χ0) is 62.3. The normalized spacial score (nSPS) is 18.2. The number of unbranched alkanes of at least 4 members (excludes halogenated alkanes) is 45. The number of nitrogens with one attached hydrogen (secondary N) is 1. The molecule has 0 radical (unpaired) electrons. The number of rotatable bonds is 65. The molecule has 0 aliphatic carbocycles. The second-order valence-electron chi connectivity index (χ2n) is 25.6. The highest BCUT2D eigenvalue weighted by molar-refractivity contribution is 5.76. The predicted molar refractivity (Wildman–Crippen MR) is 361 cm³/mol. The van der Waals surface area contributed by atoms with Gasteiger partial charge in [-0.05, 0) is 77.0 Å². The van der Waals surface area contributed by atoms with E-state index < -0.39 is 49.5 Å². The third-order valence-corrected chi connectivity index (χ3v) is 17.4. The predicted octanol–water partition coefficient (Wildman–Crippen LogP) is 19.1. The van der Waals surface area contributed by atoms with Gasteiger partial charge >= 0.3 is 5.97 Å². The minimum absolute atomic E-state index is 0.00979. The first-order chi connectivity index (χ1) is 42.2. The van der Waals surface area contributed by atoms with Crippen LogP contribution < -0.4 is 5.32 Å². The number of carbonyl (C=O) groups excluding carboxylic acids is 2. The summed E-state index contributed by atoms with van der Waals surface area (Å²) in [5.41, 5.74) is 0. The Morgan fingerprint density at radius 2 is 0.791 bits per heavy atom. The first kappa shape index (κ1) is 81.6. The maximum absolute atomic E-state index is 13.0. The molecule has 504 valence electrons. The van der Waals surface area contributed by atoms with Crippen LogP contribution in [0.2, 0.25) is 0 Å². The Labute approximate surface area is 529 Å². The molecule has 1 amide bonds. The number of amides is 1. The van der Waals surface area contributed by atoms with E-state index in [4.69, 9.17) is 14.2 Å². The number of ether oxygens (including phenoxy) is 3. The lowest BCUT2D eigenvalue weighted by Crippen LogP contribution is -2.60. The van der Waals surface area contributed by atoms with Crippen molar-refractivity contribution in [1.82, 2.24) is 5.32 Å². The van der Waals surface area contributed by atoms with Gasteiger partial charge < -0.3 is 45.1 Å². The van der Waals surface area contributed by atoms with E-state index in [0.29, 0.717) is 19.4 Å². The Morgan fingerprint density at radius 3 is 1.23 bits per heavy atom. The van der Waals surface area contributed by atoms with Crippen molar-refractivity contribution in [1.29, 1.82) is 0 Å². The second kappa shape index (κ2) is 64.2. The summed E-state index contributed by atoms with van der Waals surface area (Å²) < 4.78 is 16.7. The van der Waals surface area contributed by atoms with Crippen LogP contribution in [0.5, 0.6) is 0 Å². The molecule has 1 rings (SSSR count). The topological polar surface area (TPSA) is 175 Å². The van der Waals surface area contributed by atoms with Crippen molar-refractivity contribution in [3.8, 4) is 0 Å². The number of aliphatic hydroxyl groups excluding tert-OH is 5. The molecular formula is C75H139NO10. The van der Waals surface area contributed by atoms with Crippen LogP contribution in [0.4, 0.5) is 0 Å². The summed E-state index contributed by atoms with van der Waals surface area (Å²) in [5, 5.41) is 54.3.